The van der Waals surface area contributed by atoms with Crippen LogP contribution in [0.3, 0.4) is 0 Å². The summed E-state index contributed by atoms with van der Waals surface area (Å²) in [6.07, 6.45) is 5.60. The maximum atomic E-state index is 5.70. The van der Waals surface area contributed by atoms with Crippen molar-refractivity contribution >= 4 is 5.96 Å². The summed E-state index contributed by atoms with van der Waals surface area (Å²) in [6, 6.07) is 18.0. The number of ether oxygens (including phenoxy) is 1. The molecule has 0 saturated carbocycles. The van der Waals surface area contributed by atoms with Crippen LogP contribution in [0.15, 0.2) is 84.6 Å². The lowest BCUT2D eigenvalue weighted by molar-refractivity contribution is 0.358. The molecule has 0 fully saturated rings. The van der Waals surface area contributed by atoms with Gasteiger partial charge in [0.1, 0.15) is 12.4 Å². The van der Waals surface area contributed by atoms with Gasteiger partial charge in [0.05, 0.1) is 11.9 Å². The number of para-hydroxylation sites is 2. The minimum atomic E-state index is 0.482. The molecule has 28 heavy (non-hydrogen) atoms. The van der Waals surface area contributed by atoms with Gasteiger partial charge in [-0.2, -0.15) is 5.10 Å². The van der Waals surface area contributed by atoms with E-state index < -0.39 is 0 Å². The molecule has 0 amide bonds. The Bertz CT molecular complexity index is 917. The lowest BCUT2D eigenvalue weighted by Crippen LogP contribution is -2.36. The highest BCUT2D eigenvalue weighted by atomic mass is 16.5. The average molecular weight is 375 g/mol. The third kappa shape index (κ3) is 5.23. The third-order valence-electron chi connectivity index (χ3n) is 4.12. The highest BCUT2D eigenvalue weighted by Gasteiger charge is 2.05. The van der Waals surface area contributed by atoms with Gasteiger partial charge in [-0.3, -0.25) is 4.99 Å². The van der Waals surface area contributed by atoms with Gasteiger partial charge < -0.3 is 15.4 Å². The summed E-state index contributed by atoms with van der Waals surface area (Å²) in [6.45, 7) is 5.41. The van der Waals surface area contributed by atoms with Crippen LogP contribution in [0.25, 0.3) is 5.69 Å². The van der Waals surface area contributed by atoms with Crippen molar-refractivity contribution in [2.45, 2.75) is 13.1 Å². The molecule has 0 aliphatic carbocycles. The Balaban J connectivity index is 1.55. The fraction of sp³-hybridized carbons (Fsp3) is 0.182. The fourth-order valence-electron chi connectivity index (χ4n) is 2.70. The van der Waals surface area contributed by atoms with Gasteiger partial charge in [-0.15, -0.1) is 0 Å². The first-order valence-electron chi connectivity index (χ1n) is 9.15. The number of nitrogens with one attached hydrogen (secondary N) is 2. The highest BCUT2D eigenvalue weighted by Crippen LogP contribution is 2.17. The Morgan fingerprint density at radius 3 is 2.64 bits per heavy atom. The van der Waals surface area contributed by atoms with Crippen LogP contribution in [0.1, 0.15) is 11.1 Å². The first kappa shape index (κ1) is 19.2. The lowest BCUT2D eigenvalue weighted by Gasteiger charge is -2.14. The second-order valence-electron chi connectivity index (χ2n) is 6.12. The summed E-state index contributed by atoms with van der Waals surface area (Å²) in [5.41, 5.74) is 3.16. The third-order valence-corrected chi connectivity index (χ3v) is 4.12. The van der Waals surface area contributed by atoms with Gasteiger partial charge in [-0.05, 0) is 18.2 Å². The quantitative estimate of drug-likeness (QED) is 0.360. The van der Waals surface area contributed by atoms with Crippen molar-refractivity contribution in [3.05, 3.63) is 90.8 Å². The van der Waals surface area contributed by atoms with Crippen LogP contribution in [0, 0.1) is 0 Å². The molecule has 2 N–H and O–H groups in total. The number of guanidine groups is 1. The molecule has 1 heterocycles. The Hall–Kier alpha value is -3.54. The Morgan fingerprint density at radius 2 is 1.86 bits per heavy atom. The van der Waals surface area contributed by atoms with E-state index in [1.807, 2.05) is 71.7 Å². The lowest BCUT2D eigenvalue weighted by atomic mass is 10.2. The normalized spacial score (nSPS) is 11.1. The molecule has 3 aromatic rings. The van der Waals surface area contributed by atoms with Gasteiger partial charge in [-0.1, -0.05) is 49.1 Å². The minimum absolute atomic E-state index is 0.482. The fourth-order valence-corrected chi connectivity index (χ4v) is 2.70. The van der Waals surface area contributed by atoms with Gasteiger partial charge in [0, 0.05) is 37.5 Å². The number of aromatic nitrogens is 2. The summed E-state index contributed by atoms with van der Waals surface area (Å²) < 4.78 is 7.56. The van der Waals surface area contributed by atoms with Crippen LogP contribution >= 0.6 is 0 Å². The predicted octanol–water partition coefficient (Wildman–Crippen LogP) is 3.30. The van der Waals surface area contributed by atoms with E-state index in [0.29, 0.717) is 25.7 Å². The van der Waals surface area contributed by atoms with E-state index in [1.54, 1.807) is 13.1 Å². The molecule has 0 spiro atoms. The number of hydrogen-bond donors (Lipinski definition) is 2. The molecule has 0 radical (unpaired) electrons. The summed E-state index contributed by atoms with van der Waals surface area (Å²) in [5.74, 6) is 1.56. The molecule has 1 aromatic heterocycles. The second-order valence-corrected chi connectivity index (χ2v) is 6.12. The number of aliphatic imine (C=N–C) groups is 1. The molecular formula is C22H25N5O. The molecule has 0 aliphatic rings. The van der Waals surface area contributed by atoms with Crippen molar-refractivity contribution < 1.29 is 4.74 Å². The van der Waals surface area contributed by atoms with Gasteiger partial charge in [0.15, 0.2) is 5.96 Å². The SMILES string of the molecule is C=CCOc1ccccc1CNC(=NC)NCc1cnn(-c2ccccc2)c1. The average Bonchev–Trinajstić information content (AvgIpc) is 3.23. The van der Waals surface area contributed by atoms with Crippen molar-refractivity contribution in [2.24, 2.45) is 4.99 Å². The molecule has 0 saturated heterocycles. The molecule has 3 rings (SSSR count). The Morgan fingerprint density at radius 1 is 1.11 bits per heavy atom. The van der Waals surface area contributed by atoms with E-state index in [4.69, 9.17) is 4.74 Å². The Labute approximate surface area is 165 Å². The molecule has 0 aliphatic heterocycles. The van der Waals surface area contributed by atoms with E-state index in [2.05, 4.69) is 27.3 Å². The molecule has 6 nitrogen and oxygen atoms in total. The Kier molecular flexibility index (Phi) is 6.84. The van der Waals surface area contributed by atoms with Crippen molar-refractivity contribution in [1.29, 1.82) is 0 Å². The second kappa shape index (κ2) is 9.97. The zero-order valence-corrected chi connectivity index (χ0v) is 16.0. The molecule has 0 unspecified atom stereocenters. The van der Waals surface area contributed by atoms with Crippen LogP contribution in [-0.2, 0) is 13.1 Å². The largest absolute Gasteiger partial charge is 0.489 e. The number of hydrogen-bond acceptors (Lipinski definition) is 3. The summed E-state index contributed by atoms with van der Waals surface area (Å²) >= 11 is 0. The molecule has 0 atom stereocenters. The zero-order valence-electron chi connectivity index (χ0n) is 16.0. The van der Waals surface area contributed by atoms with E-state index in [0.717, 1.165) is 22.6 Å². The smallest absolute Gasteiger partial charge is 0.191 e. The van der Waals surface area contributed by atoms with Crippen molar-refractivity contribution in [3.63, 3.8) is 0 Å². The predicted molar refractivity (Wildman–Crippen MR) is 113 cm³/mol. The van der Waals surface area contributed by atoms with Gasteiger partial charge >= 0.3 is 0 Å². The maximum Gasteiger partial charge on any atom is 0.191 e. The van der Waals surface area contributed by atoms with E-state index in [1.165, 1.54) is 0 Å². The van der Waals surface area contributed by atoms with Crippen molar-refractivity contribution in [1.82, 2.24) is 20.4 Å². The molecule has 0 bridgehead atoms. The van der Waals surface area contributed by atoms with Crippen molar-refractivity contribution in [3.8, 4) is 11.4 Å². The van der Waals surface area contributed by atoms with E-state index >= 15 is 0 Å². The van der Waals surface area contributed by atoms with Crippen LogP contribution in [-0.4, -0.2) is 29.4 Å². The van der Waals surface area contributed by atoms with Gasteiger partial charge in [0.25, 0.3) is 0 Å². The van der Waals surface area contributed by atoms with Crippen LogP contribution < -0.4 is 15.4 Å². The summed E-state index contributed by atoms with van der Waals surface area (Å²) in [4.78, 5) is 4.29. The maximum absolute atomic E-state index is 5.70. The molecule has 144 valence electrons. The van der Waals surface area contributed by atoms with E-state index in [9.17, 15) is 0 Å². The number of benzene rings is 2. The molecule has 6 heteroatoms. The van der Waals surface area contributed by atoms with E-state index in [-0.39, 0.29) is 0 Å². The standard InChI is InChI=1S/C22H25N5O/c1-3-13-28-21-12-8-7-9-19(21)16-25-22(23-2)24-14-18-15-26-27(17-18)20-10-5-4-6-11-20/h3-12,15,17H,1,13-14,16H2,2H3,(H2,23,24,25). The highest BCUT2D eigenvalue weighted by molar-refractivity contribution is 5.79. The van der Waals surface area contributed by atoms with Gasteiger partial charge in [-0.25, -0.2) is 4.68 Å². The van der Waals surface area contributed by atoms with Crippen LogP contribution in [0.2, 0.25) is 0 Å². The molecule has 2 aromatic carbocycles. The summed E-state index contributed by atoms with van der Waals surface area (Å²) in [5, 5.41) is 11.0. The first-order chi connectivity index (χ1) is 13.8. The van der Waals surface area contributed by atoms with Crippen LogP contribution in [0.4, 0.5) is 0 Å². The van der Waals surface area contributed by atoms with Crippen LogP contribution in [0.5, 0.6) is 5.75 Å². The zero-order chi connectivity index (χ0) is 19.6. The molecular weight excluding hydrogens is 350 g/mol. The minimum Gasteiger partial charge on any atom is -0.489 e. The first-order valence-corrected chi connectivity index (χ1v) is 9.15. The monoisotopic (exact) mass is 375 g/mol. The number of rotatable bonds is 8. The topological polar surface area (TPSA) is 63.5 Å². The van der Waals surface area contributed by atoms with Crippen molar-refractivity contribution in [2.75, 3.05) is 13.7 Å². The van der Waals surface area contributed by atoms with Gasteiger partial charge in [0.2, 0.25) is 0 Å². The summed E-state index contributed by atoms with van der Waals surface area (Å²) in [7, 11) is 1.75. The number of nitrogens with zero attached hydrogens (tertiary/aromatic N) is 3.